The Morgan fingerprint density at radius 2 is 2.00 bits per heavy atom. The molecule has 1 aliphatic carbocycles. The van der Waals surface area contributed by atoms with Crippen molar-refractivity contribution in [1.29, 1.82) is 0 Å². The summed E-state index contributed by atoms with van der Waals surface area (Å²) in [6, 6.07) is 3.81. The number of nitrogen functional groups attached to an aromatic ring is 1. The predicted molar refractivity (Wildman–Crippen MR) is 75.9 cm³/mol. The number of rotatable bonds is 4. The molecule has 5 heteroatoms. The van der Waals surface area contributed by atoms with Crippen LogP contribution < -0.4 is 11.1 Å². The summed E-state index contributed by atoms with van der Waals surface area (Å²) in [5.41, 5.74) is 9.22. The SMILES string of the molecule is CCC1(CNc2ccc(N)c3nonc23)CCCC1. The van der Waals surface area contributed by atoms with Crippen LogP contribution in [0.2, 0.25) is 0 Å². The molecule has 1 aromatic heterocycles. The molecule has 1 fully saturated rings. The second-order valence-corrected chi connectivity index (χ2v) is 5.58. The quantitative estimate of drug-likeness (QED) is 0.825. The molecule has 1 aromatic carbocycles. The van der Waals surface area contributed by atoms with Gasteiger partial charge in [-0.05, 0) is 47.1 Å². The second kappa shape index (κ2) is 4.72. The number of nitrogens with zero attached hydrogens (tertiary/aromatic N) is 2. The smallest absolute Gasteiger partial charge is 0.160 e. The minimum absolute atomic E-state index is 0.435. The van der Waals surface area contributed by atoms with E-state index in [-0.39, 0.29) is 0 Å². The molecule has 3 N–H and O–H groups in total. The van der Waals surface area contributed by atoms with E-state index < -0.39 is 0 Å². The molecule has 0 unspecified atom stereocenters. The molecule has 0 amide bonds. The van der Waals surface area contributed by atoms with Crippen molar-refractivity contribution >= 4 is 22.4 Å². The number of hydrogen-bond donors (Lipinski definition) is 2. The van der Waals surface area contributed by atoms with Crippen LogP contribution in [0.25, 0.3) is 11.0 Å². The van der Waals surface area contributed by atoms with E-state index >= 15 is 0 Å². The van der Waals surface area contributed by atoms with Crippen molar-refractivity contribution in [3.8, 4) is 0 Å². The fourth-order valence-corrected chi connectivity index (χ4v) is 3.09. The summed E-state index contributed by atoms with van der Waals surface area (Å²) in [6.07, 6.45) is 6.53. The van der Waals surface area contributed by atoms with E-state index in [9.17, 15) is 0 Å². The zero-order chi connectivity index (χ0) is 13.3. The Kier molecular flexibility index (Phi) is 3.05. The zero-order valence-electron chi connectivity index (χ0n) is 11.3. The Bertz CT molecular complexity index is 572. The molecular weight excluding hydrogens is 240 g/mol. The normalized spacial score (nSPS) is 17.9. The van der Waals surface area contributed by atoms with Gasteiger partial charge in [0, 0.05) is 6.54 Å². The summed E-state index contributed by atoms with van der Waals surface area (Å²) in [5, 5.41) is 11.3. The molecule has 1 saturated carbocycles. The third-order valence-electron chi connectivity index (χ3n) is 4.51. The molecule has 0 radical (unpaired) electrons. The minimum Gasteiger partial charge on any atom is -0.397 e. The lowest BCUT2D eigenvalue weighted by molar-refractivity contribution is 0.306. The minimum atomic E-state index is 0.435. The summed E-state index contributed by atoms with van der Waals surface area (Å²) in [7, 11) is 0. The Morgan fingerprint density at radius 1 is 1.26 bits per heavy atom. The number of aromatic nitrogens is 2. The fourth-order valence-electron chi connectivity index (χ4n) is 3.09. The molecule has 102 valence electrons. The van der Waals surface area contributed by atoms with Crippen LogP contribution in [0.4, 0.5) is 11.4 Å². The average Bonchev–Trinajstić information content (AvgIpc) is 3.08. The highest BCUT2D eigenvalue weighted by Gasteiger charge is 2.31. The summed E-state index contributed by atoms with van der Waals surface area (Å²) in [6.45, 7) is 3.26. The maximum absolute atomic E-state index is 5.85. The largest absolute Gasteiger partial charge is 0.397 e. The highest BCUT2D eigenvalue weighted by Crippen LogP contribution is 2.41. The molecule has 0 aliphatic heterocycles. The number of nitrogens with one attached hydrogen (secondary N) is 1. The average molecular weight is 260 g/mol. The van der Waals surface area contributed by atoms with Crippen molar-refractivity contribution < 1.29 is 4.63 Å². The van der Waals surface area contributed by atoms with Gasteiger partial charge in [0.25, 0.3) is 0 Å². The lowest BCUT2D eigenvalue weighted by Gasteiger charge is -2.28. The number of nitrogens with two attached hydrogens (primary N) is 1. The molecule has 1 heterocycles. The first-order valence-electron chi connectivity index (χ1n) is 6.99. The predicted octanol–water partition coefficient (Wildman–Crippen LogP) is 3.19. The van der Waals surface area contributed by atoms with E-state index in [1.54, 1.807) is 0 Å². The first kappa shape index (κ1) is 12.3. The number of hydrogen-bond acceptors (Lipinski definition) is 5. The fraction of sp³-hybridized carbons (Fsp3) is 0.571. The van der Waals surface area contributed by atoms with Crippen molar-refractivity contribution in [3.63, 3.8) is 0 Å². The van der Waals surface area contributed by atoms with Gasteiger partial charge in [-0.25, -0.2) is 4.63 Å². The van der Waals surface area contributed by atoms with Gasteiger partial charge in [-0.2, -0.15) is 0 Å². The monoisotopic (exact) mass is 260 g/mol. The van der Waals surface area contributed by atoms with Gasteiger partial charge in [-0.15, -0.1) is 0 Å². The molecule has 1 aliphatic rings. The van der Waals surface area contributed by atoms with E-state index in [1.165, 1.54) is 32.1 Å². The molecule has 3 rings (SSSR count). The van der Waals surface area contributed by atoms with Crippen LogP contribution in [0.3, 0.4) is 0 Å². The van der Waals surface area contributed by atoms with E-state index in [1.807, 2.05) is 12.1 Å². The van der Waals surface area contributed by atoms with E-state index in [0.717, 1.165) is 17.7 Å². The van der Waals surface area contributed by atoms with Crippen molar-refractivity contribution in [2.75, 3.05) is 17.6 Å². The van der Waals surface area contributed by atoms with E-state index in [0.29, 0.717) is 16.6 Å². The van der Waals surface area contributed by atoms with Gasteiger partial charge in [0.15, 0.2) is 11.0 Å². The second-order valence-electron chi connectivity index (χ2n) is 5.58. The summed E-state index contributed by atoms with van der Waals surface area (Å²) < 4.78 is 4.79. The maximum atomic E-state index is 5.85. The van der Waals surface area contributed by atoms with Gasteiger partial charge in [0.05, 0.1) is 11.4 Å². The Balaban J connectivity index is 1.82. The van der Waals surface area contributed by atoms with Crippen LogP contribution in [0.15, 0.2) is 16.8 Å². The van der Waals surface area contributed by atoms with E-state index in [4.69, 9.17) is 10.4 Å². The van der Waals surface area contributed by atoms with Gasteiger partial charge in [0.1, 0.15) is 0 Å². The Hall–Kier alpha value is -1.78. The van der Waals surface area contributed by atoms with E-state index in [2.05, 4.69) is 22.6 Å². The summed E-state index contributed by atoms with van der Waals surface area (Å²) >= 11 is 0. The third kappa shape index (κ3) is 2.13. The topological polar surface area (TPSA) is 77.0 Å². The molecule has 0 saturated heterocycles. The first-order valence-corrected chi connectivity index (χ1v) is 6.99. The standard InChI is InChI=1S/C14H20N4O/c1-2-14(7-3-4-8-14)9-16-11-6-5-10(15)12-13(11)18-19-17-12/h5-6,16H,2-4,7-9,15H2,1H3. The molecule has 0 atom stereocenters. The van der Waals surface area contributed by atoms with Crippen molar-refractivity contribution in [1.82, 2.24) is 10.3 Å². The van der Waals surface area contributed by atoms with Crippen molar-refractivity contribution in [3.05, 3.63) is 12.1 Å². The van der Waals surface area contributed by atoms with Gasteiger partial charge >= 0.3 is 0 Å². The van der Waals surface area contributed by atoms with Crippen LogP contribution in [-0.2, 0) is 0 Å². The van der Waals surface area contributed by atoms with Gasteiger partial charge in [-0.1, -0.05) is 19.8 Å². The van der Waals surface area contributed by atoms with Crippen LogP contribution in [-0.4, -0.2) is 16.9 Å². The van der Waals surface area contributed by atoms with Crippen LogP contribution in [0.5, 0.6) is 0 Å². The Labute approximate surface area is 112 Å². The maximum Gasteiger partial charge on any atom is 0.160 e. The molecule has 0 spiro atoms. The highest BCUT2D eigenvalue weighted by molar-refractivity contribution is 5.94. The lowest BCUT2D eigenvalue weighted by Crippen LogP contribution is -2.25. The van der Waals surface area contributed by atoms with Crippen molar-refractivity contribution in [2.45, 2.75) is 39.0 Å². The molecule has 0 bridgehead atoms. The third-order valence-corrected chi connectivity index (χ3v) is 4.51. The molecule has 2 aromatic rings. The van der Waals surface area contributed by atoms with Crippen molar-refractivity contribution in [2.24, 2.45) is 5.41 Å². The number of fused-ring (bicyclic) bond motifs is 1. The van der Waals surface area contributed by atoms with Gasteiger partial charge in [-0.3, -0.25) is 0 Å². The molecule has 5 nitrogen and oxygen atoms in total. The Morgan fingerprint density at radius 3 is 2.74 bits per heavy atom. The van der Waals surface area contributed by atoms with Crippen LogP contribution in [0, 0.1) is 5.41 Å². The highest BCUT2D eigenvalue weighted by atomic mass is 16.6. The van der Waals surface area contributed by atoms with Gasteiger partial charge in [0.2, 0.25) is 0 Å². The molecular formula is C14H20N4O. The molecule has 19 heavy (non-hydrogen) atoms. The first-order chi connectivity index (χ1) is 9.24. The zero-order valence-corrected chi connectivity index (χ0v) is 11.3. The number of benzene rings is 1. The lowest BCUT2D eigenvalue weighted by atomic mass is 9.83. The van der Waals surface area contributed by atoms with Crippen LogP contribution >= 0.6 is 0 Å². The summed E-state index contributed by atoms with van der Waals surface area (Å²) in [5.74, 6) is 0. The van der Waals surface area contributed by atoms with Crippen LogP contribution in [0.1, 0.15) is 39.0 Å². The summed E-state index contributed by atoms with van der Waals surface area (Å²) in [4.78, 5) is 0. The number of anilines is 2. The van der Waals surface area contributed by atoms with Gasteiger partial charge < -0.3 is 11.1 Å².